The van der Waals surface area contributed by atoms with Crippen LogP contribution in [0, 0.1) is 13.8 Å². The molecule has 1 amide bonds. The number of aryl methyl sites for hydroxylation is 2. The number of fused-ring (bicyclic) bond motifs is 1. The molecule has 3 aromatic carbocycles. The van der Waals surface area contributed by atoms with E-state index in [9.17, 15) is 14.7 Å². The number of carbonyl (C=O) groups excluding carboxylic acids is 1. The van der Waals surface area contributed by atoms with Crippen LogP contribution < -0.4 is 5.32 Å². The summed E-state index contributed by atoms with van der Waals surface area (Å²) >= 11 is 0. The molecular weight excluding hydrogens is 338 g/mol. The number of nitrogens with one attached hydrogen (secondary N) is 1. The summed E-state index contributed by atoms with van der Waals surface area (Å²) in [7, 11) is 0. The number of hydrogen-bond acceptors (Lipinski definition) is 2. The van der Waals surface area contributed by atoms with Crippen molar-refractivity contribution in [3.63, 3.8) is 0 Å². The summed E-state index contributed by atoms with van der Waals surface area (Å²) in [6.45, 7) is 4.01. The molecule has 3 rings (SSSR count). The number of rotatable bonds is 6. The van der Waals surface area contributed by atoms with Crippen LogP contribution in [-0.4, -0.2) is 23.0 Å². The number of hydrogen-bond donors (Lipinski definition) is 2. The summed E-state index contributed by atoms with van der Waals surface area (Å²) < 4.78 is 0. The fourth-order valence-corrected chi connectivity index (χ4v) is 3.15. The van der Waals surface area contributed by atoms with Crippen LogP contribution in [-0.2, 0) is 22.4 Å². The van der Waals surface area contributed by atoms with Crippen LogP contribution in [0.4, 0.5) is 0 Å². The van der Waals surface area contributed by atoms with Crippen molar-refractivity contribution in [3.8, 4) is 0 Å². The average molecular weight is 361 g/mol. The van der Waals surface area contributed by atoms with Gasteiger partial charge in [-0.15, -0.1) is 0 Å². The van der Waals surface area contributed by atoms with Gasteiger partial charge in [0, 0.05) is 6.42 Å². The Hall–Kier alpha value is -3.14. The molecule has 0 aromatic heterocycles. The molecule has 4 nitrogen and oxygen atoms in total. The van der Waals surface area contributed by atoms with E-state index in [0.29, 0.717) is 0 Å². The average Bonchev–Trinajstić information content (AvgIpc) is 2.64. The molecule has 4 heteroatoms. The maximum atomic E-state index is 12.4. The highest BCUT2D eigenvalue weighted by Crippen LogP contribution is 2.16. The Kier molecular flexibility index (Phi) is 5.55. The maximum absolute atomic E-state index is 12.4. The Morgan fingerprint density at radius 2 is 1.59 bits per heavy atom. The molecule has 0 unspecified atom stereocenters. The highest BCUT2D eigenvalue weighted by Gasteiger charge is 2.20. The summed E-state index contributed by atoms with van der Waals surface area (Å²) in [5.41, 5.74) is 4.03. The number of benzene rings is 3. The van der Waals surface area contributed by atoms with Crippen molar-refractivity contribution in [1.29, 1.82) is 0 Å². The van der Waals surface area contributed by atoms with Crippen LogP contribution in [0.1, 0.15) is 22.3 Å². The van der Waals surface area contributed by atoms with Gasteiger partial charge in [0.15, 0.2) is 0 Å². The third-order valence-electron chi connectivity index (χ3n) is 4.82. The van der Waals surface area contributed by atoms with Crippen LogP contribution in [0.25, 0.3) is 10.8 Å². The minimum absolute atomic E-state index is 0.154. The molecule has 0 radical (unpaired) electrons. The second-order valence-corrected chi connectivity index (χ2v) is 6.94. The van der Waals surface area contributed by atoms with Gasteiger partial charge in [0.05, 0.1) is 6.42 Å². The van der Waals surface area contributed by atoms with E-state index in [0.717, 1.165) is 33.0 Å². The summed E-state index contributed by atoms with van der Waals surface area (Å²) in [6, 6.07) is 18.7. The zero-order valence-corrected chi connectivity index (χ0v) is 15.5. The molecule has 138 valence electrons. The van der Waals surface area contributed by atoms with E-state index in [1.807, 2.05) is 74.5 Å². The van der Waals surface area contributed by atoms with Gasteiger partial charge in [-0.1, -0.05) is 60.7 Å². The number of carbonyl (C=O) groups is 2. The van der Waals surface area contributed by atoms with E-state index in [1.54, 1.807) is 0 Å². The fourth-order valence-electron chi connectivity index (χ4n) is 3.15. The molecular formula is C23H23NO3. The van der Waals surface area contributed by atoms with Gasteiger partial charge in [-0.25, -0.2) is 4.79 Å². The highest BCUT2D eigenvalue weighted by atomic mass is 16.4. The lowest BCUT2D eigenvalue weighted by Gasteiger charge is -2.15. The summed E-state index contributed by atoms with van der Waals surface area (Å²) in [5.74, 6) is -1.32. The molecule has 1 atom stereocenters. The first-order chi connectivity index (χ1) is 12.9. The third-order valence-corrected chi connectivity index (χ3v) is 4.82. The van der Waals surface area contributed by atoms with Crippen molar-refractivity contribution in [1.82, 2.24) is 5.32 Å². The Morgan fingerprint density at radius 1 is 0.889 bits per heavy atom. The topological polar surface area (TPSA) is 66.4 Å². The van der Waals surface area contributed by atoms with Crippen molar-refractivity contribution in [2.45, 2.75) is 32.7 Å². The van der Waals surface area contributed by atoms with Gasteiger partial charge in [0.2, 0.25) is 5.91 Å². The standard InChI is InChI=1S/C23H23NO3/c1-15-7-8-17(11-16(15)2)13-21(23(26)27)24-22(25)14-18-9-10-19-5-3-4-6-20(19)12-18/h3-12,21H,13-14H2,1-2H3,(H,24,25)(H,26,27)/t21-/m0/s1. The van der Waals surface area contributed by atoms with Crippen LogP contribution in [0.15, 0.2) is 60.7 Å². The smallest absolute Gasteiger partial charge is 0.326 e. The number of aliphatic carboxylic acids is 1. The van der Waals surface area contributed by atoms with Crippen molar-refractivity contribution in [3.05, 3.63) is 82.9 Å². The predicted molar refractivity (Wildman–Crippen MR) is 107 cm³/mol. The lowest BCUT2D eigenvalue weighted by Crippen LogP contribution is -2.43. The van der Waals surface area contributed by atoms with Gasteiger partial charge in [0.1, 0.15) is 6.04 Å². The molecule has 2 N–H and O–H groups in total. The first-order valence-electron chi connectivity index (χ1n) is 8.98. The summed E-state index contributed by atoms with van der Waals surface area (Å²) in [5, 5.41) is 14.3. The molecule has 0 spiro atoms. The third kappa shape index (κ3) is 4.73. The van der Waals surface area contributed by atoms with E-state index in [4.69, 9.17) is 0 Å². The Bertz CT molecular complexity index is 994. The minimum Gasteiger partial charge on any atom is -0.480 e. The van der Waals surface area contributed by atoms with Gasteiger partial charge in [-0.05, 0) is 46.9 Å². The van der Waals surface area contributed by atoms with Crippen LogP contribution in [0.2, 0.25) is 0 Å². The lowest BCUT2D eigenvalue weighted by molar-refractivity contribution is -0.141. The van der Waals surface area contributed by atoms with Crippen molar-refractivity contribution >= 4 is 22.6 Å². The highest BCUT2D eigenvalue weighted by molar-refractivity contribution is 5.87. The molecule has 0 saturated carbocycles. The molecule has 27 heavy (non-hydrogen) atoms. The maximum Gasteiger partial charge on any atom is 0.326 e. The quantitative estimate of drug-likeness (QED) is 0.702. The van der Waals surface area contributed by atoms with Crippen LogP contribution in [0.3, 0.4) is 0 Å². The number of amides is 1. The number of carboxylic acids is 1. The van der Waals surface area contributed by atoms with Gasteiger partial charge in [-0.2, -0.15) is 0 Å². The first-order valence-corrected chi connectivity index (χ1v) is 8.98. The molecule has 0 bridgehead atoms. The minimum atomic E-state index is -1.03. The zero-order valence-electron chi connectivity index (χ0n) is 15.5. The first kappa shape index (κ1) is 18.6. The van der Waals surface area contributed by atoms with Gasteiger partial charge in [-0.3, -0.25) is 4.79 Å². The van der Waals surface area contributed by atoms with Crippen LogP contribution >= 0.6 is 0 Å². The van der Waals surface area contributed by atoms with Crippen LogP contribution in [0.5, 0.6) is 0 Å². The molecule has 3 aromatic rings. The second-order valence-electron chi connectivity index (χ2n) is 6.94. The van der Waals surface area contributed by atoms with Crippen molar-refractivity contribution < 1.29 is 14.7 Å². The van der Waals surface area contributed by atoms with E-state index in [1.165, 1.54) is 0 Å². The van der Waals surface area contributed by atoms with E-state index < -0.39 is 12.0 Å². The summed E-state index contributed by atoms with van der Waals surface area (Å²) in [6.07, 6.45) is 0.418. The van der Waals surface area contributed by atoms with Gasteiger partial charge in [0.25, 0.3) is 0 Å². The van der Waals surface area contributed by atoms with E-state index in [2.05, 4.69) is 5.32 Å². The monoisotopic (exact) mass is 361 g/mol. The molecule has 0 saturated heterocycles. The van der Waals surface area contributed by atoms with E-state index in [-0.39, 0.29) is 18.7 Å². The van der Waals surface area contributed by atoms with Gasteiger partial charge >= 0.3 is 5.97 Å². The fraction of sp³-hybridized carbons (Fsp3) is 0.217. The zero-order chi connectivity index (χ0) is 19.4. The molecule has 0 aliphatic rings. The molecule has 0 aliphatic heterocycles. The van der Waals surface area contributed by atoms with Gasteiger partial charge < -0.3 is 10.4 Å². The second kappa shape index (κ2) is 8.04. The molecule has 0 heterocycles. The Labute approximate surface area is 158 Å². The van der Waals surface area contributed by atoms with Crippen molar-refractivity contribution in [2.24, 2.45) is 0 Å². The lowest BCUT2D eigenvalue weighted by atomic mass is 10.0. The van der Waals surface area contributed by atoms with Crippen molar-refractivity contribution in [2.75, 3.05) is 0 Å². The molecule has 0 aliphatic carbocycles. The Morgan fingerprint density at radius 3 is 2.30 bits per heavy atom. The Balaban J connectivity index is 1.68. The number of carboxylic acid groups (broad SMARTS) is 1. The summed E-state index contributed by atoms with van der Waals surface area (Å²) in [4.78, 5) is 24.0. The SMILES string of the molecule is Cc1ccc(C[C@H](NC(=O)Cc2ccc3ccccc3c2)C(=O)O)cc1C. The van der Waals surface area contributed by atoms with E-state index >= 15 is 0 Å². The largest absolute Gasteiger partial charge is 0.480 e. The predicted octanol–water partition coefficient (Wildman–Crippen LogP) is 3.81. The molecule has 0 fully saturated rings. The normalized spacial score (nSPS) is 11.9.